The second-order valence-corrected chi connectivity index (χ2v) is 6.95. The maximum atomic E-state index is 13.8. The van der Waals surface area contributed by atoms with Gasteiger partial charge in [-0.3, -0.25) is 4.79 Å². The third kappa shape index (κ3) is 5.22. The summed E-state index contributed by atoms with van der Waals surface area (Å²) >= 11 is 0. The van der Waals surface area contributed by atoms with E-state index >= 15 is 0 Å². The van der Waals surface area contributed by atoms with Crippen molar-refractivity contribution in [2.24, 2.45) is 0 Å². The highest BCUT2D eigenvalue weighted by Gasteiger charge is 2.21. The molecule has 0 unspecified atom stereocenters. The minimum Gasteiger partial charge on any atom is -0.436 e. The quantitative estimate of drug-likeness (QED) is 0.584. The number of nitrogens with zero attached hydrogens (tertiary/aromatic N) is 4. The summed E-state index contributed by atoms with van der Waals surface area (Å²) in [4.78, 5) is 24.5. The van der Waals surface area contributed by atoms with Gasteiger partial charge in [-0.25, -0.2) is 18.7 Å². The standard InChI is InChI=1S/C23H20F2N4O2/c24-18-7-8-20(19(25)14-18)31-22-15-21(26-16-27-22)28-10-12-29(13-11-28)23(30)9-6-17-4-2-1-3-5-17/h1-9,14-16H,10-13H2/b9-6+. The highest BCUT2D eigenvalue weighted by atomic mass is 19.1. The summed E-state index contributed by atoms with van der Waals surface area (Å²) in [7, 11) is 0. The predicted octanol–water partition coefficient (Wildman–Crippen LogP) is 3.91. The van der Waals surface area contributed by atoms with Crippen molar-refractivity contribution in [2.75, 3.05) is 31.1 Å². The molecule has 1 aromatic heterocycles. The van der Waals surface area contributed by atoms with Gasteiger partial charge in [-0.15, -0.1) is 0 Å². The molecule has 1 aliphatic rings. The first-order valence-electron chi connectivity index (χ1n) is 9.80. The SMILES string of the molecule is O=C(/C=C/c1ccccc1)N1CCN(c2cc(Oc3ccc(F)cc3F)ncn2)CC1. The number of benzene rings is 2. The predicted molar refractivity (Wildman–Crippen MR) is 113 cm³/mol. The lowest BCUT2D eigenvalue weighted by atomic mass is 10.2. The van der Waals surface area contributed by atoms with Crippen LogP contribution in [0.3, 0.4) is 0 Å². The van der Waals surface area contributed by atoms with Gasteiger partial charge in [0.15, 0.2) is 11.6 Å². The molecule has 0 spiro atoms. The largest absolute Gasteiger partial charge is 0.436 e. The van der Waals surface area contributed by atoms with E-state index in [9.17, 15) is 13.6 Å². The van der Waals surface area contributed by atoms with Crippen LogP contribution in [0, 0.1) is 11.6 Å². The van der Waals surface area contributed by atoms with Crippen molar-refractivity contribution in [3.05, 3.63) is 84.2 Å². The van der Waals surface area contributed by atoms with Crippen molar-refractivity contribution in [1.82, 2.24) is 14.9 Å². The van der Waals surface area contributed by atoms with Crippen LogP contribution in [0.1, 0.15) is 5.56 Å². The molecule has 3 aromatic rings. The van der Waals surface area contributed by atoms with E-state index in [2.05, 4.69) is 9.97 Å². The lowest BCUT2D eigenvalue weighted by Gasteiger charge is -2.34. The number of aromatic nitrogens is 2. The highest BCUT2D eigenvalue weighted by Crippen LogP contribution is 2.25. The van der Waals surface area contributed by atoms with E-state index in [-0.39, 0.29) is 17.5 Å². The first kappa shape index (κ1) is 20.5. The molecular formula is C23H20F2N4O2. The van der Waals surface area contributed by atoms with Crippen LogP contribution >= 0.6 is 0 Å². The fraction of sp³-hybridized carbons (Fsp3) is 0.174. The van der Waals surface area contributed by atoms with Crippen LogP contribution in [0.4, 0.5) is 14.6 Å². The lowest BCUT2D eigenvalue weighted by Crippen LogP contribution is -2.48. The maximum absolute atomic E-state index is 13.8. The van der Waals surface area contributed by atoms with Gasteiger partial charge in [0.2, 0.25) is 11.8 Å². The third-order valence-electron chi connectivity index (χ3n) is 4.87. The van der Waals surface area contributed by atoms with E-state index in [4.69, 9.17) is 4.74 Å². The maximum Gasteiger partial charge on any atom is 0.246 e. The van der Waals surface area contributed by atoms with Crippen LogP contribution in [0.2, 0.25) is 0 Å². The fourth-order valence-electron chi connectivity index (χ4n) is 3.22. The Hall–Kier alpha value is -3.81. The first-order valence-corrected chi connectivity index (χ1v) is 9.80. The second-order valence-electron chi connectivity index (χ2n) is 6.95. The van der Waals surface area contributed by atoms with Crippen LogP contribution in [-0.4, -0.2) is 47.0 Å². The van der Waals surface area contributed by atoms with Gasteiger partial charge >= 0.3 is 0 Å². The summed E-state index contributed by atoms with van der Waals surface area (Å²) < 4.78 is 32.3. The molecule has 6 nitrogen and oxygen atoms in total. The van der Waals surface area contributed by atoms with Crippen molar-refractivity contribution < 1.29 is 18.3 Å². The molecular weight excluding hydrogens is 402 g/mol. The van der Waals surface area contributed by atoms with Gasteiger partial charge in [0.05, 0.1) is 0 Å². The summed E-state index contributed by atoms with van der Waals surface area (Å²) in [6.07, 6.45) is 4.71. The summed E-state index contributed by atoms with van der Waals surface area (Å²) in [5, 5.41) is 0. The zero-order valence-electron chi connectivity index (χ0n) is 16.6. The normalized spacial score (nSPS) is 14.1. The molecule has 0 atom stereocenters. The van der Waals surface area contributed by atoms with Gasteiger partial charge in [-0.1, -0.05) is 30.3 Å². The van der Waals surface area contributed by atoms with Gasteiger partial charge in [0.1, 0.15) is 18.0 Å². The molecule has 1 aliphatic heterocycles. The zero-order chi connectivity index (χ0) is 21.6. The van der Waals surface area contributed by atoms with Gasteiger partial charge in [0, 0.05) is 44.4 Å². The molecule has 0 radical (unpaired) electrons. The number of carbonyl (C=O) groups excluding carboxylic acids is 1. The Balaban J connectivity index is 1.36. The molecule has 0 N–H and O–H groups in total. The zero-order valence-corrected chi connectivity index (χ0v) is 16.6. The van der Waals surface area contributed by atoms with Crippen molar-refractivity contribution in [2.45, 2.75) is 0 Å². The van der Waals surface area contributed by atoms with Gasteiger partial charge in [0.25, 0.3) is 0 Å². The van der Waals surface area contributed by atoms with E-state index in [1.165, 1.54) is 12.4 Å². The molecule has 1 saturated heterocycles. The number of amides is 1. The molecule has 8 heteroatoms. The van der Waals surface area contributed by atoms with Crippen LogP contribution in [-0.2, 0) is 4.79 Å². The van der Waals surface area contributed by atoms with Crippen molar-refractivity contribution in [3.63, 3.8) is 0 Å². The van der Waals surface area contributed by atoms with Crippen molar-refractivity contribution >= 4 is 17.8 Å². The summed E-state index contributed by atoms with van der Waals surface area (Å²) in [5.74, 6) is -0.886. The monoisotopic (exact) mass is 422 g/mol. The van der Waals surface area contributed by atoms with Crippen molar-refractivity contribution in [3.8, 4) is 11.6 Å². The molecule has 2 aromatic carbocycles. The number of piperazine rings is 1. The molecule has 2 heterocycles. The lowest BCUT2D eigenvalue weighted by molar-refractivity contribution is -0.126. The molecule has 0 aliphatic carbocycles. The van der Waals surface area contributed by atoms with Crippen LogP contribution in [0.25, 0.3) is 6.08 Å². The topological polar surface area (TPSA) is 58.6 Å². The Morgan fingerprint density at radius 3 is 2.48 bits per heavy atom. The molecule has 158 valence electrons. The molecule has 4 rings (SSSR count). The summed E-state index contributed by atoms with van der Waals surface area (Å²) in [6.45, 7) is 2.27. The number of halogens is 2. The Morgan fingerprint density at radius 2 is 1.74 bits per heavy atom. The van der Waals surface area contributed by atoms with Gasteiger partial charge < -0.3 is 14.5 Å². The van der Waals surface area contributed by atoms with Crippen molar-refractivity contribution in [1.29, 1.82) is 0 Å². The minimum absolute atomic E-state index is 0.0398. The summed E-state index contributed by atoms with van der Waals surface area (Å²) in [6, 6.07) is 14.3. The number of ether oxygens (including phenoxy) is 1. The van der Waals surface area contributed by atoms with Gasteiger partial charge in [-0.05, 0) is 23.8 Å². The number of carbonyl (C=O) groups is 1. The number of anilines is 1. The number of rotatable bonds is 5. The molecule has 1 amide bonds. The first-order chi connectivity index (χ1) is 15.1. The third-order valence-corrected chi connectivity index (χ3v) is 4.87. The average molecular weight is 422 g/mol. The van der Waals surface area contributed by atoms with Crippen LogP contribution < -0.4 is 9.64 Å². The Kier molecular flexibility index (Phi) is 6.16. The second kappa shape index (κ2) is 9.34. The average Bonchev–Trinajstić information content (AvgIpc) is 2.80. The van der Waals surface area contributed by atoms with E-state index < -0.39 is 11.6 Å². The molecule has 1 fully saturated rings. The molecule has 0 bridgehead atoms. The highest BCUT2D eigenvalue weighted by molar-refractivity contribution is 5.91. The van der Waals surface area contributed by atoms with Gasteiger partial charge in [-0.2, -0.15) is 0 Å². The number of hydrogen-bond donors (Lipinski definition) is 0. The van der Waals surface area contributed by atoms with Crippen LogP contribution in [0.15, 0.2) is 67.0 Å². The van der Waals surface area contributed by atoms with E-state index in [1.54, 1.807) is 23.1 Å². The minimum atomic E-state index is -0.809. The molecule has 0 saturated carbocycles. The van der Waals surface area contributed by atoms with E-state index in [0.717, 1.165) is 17.7 Å². The smallest absolute Gasteiger partial charge is 0.246 e. The molecule has 31 heavy (non-hydrogen) atoms. The Morgan fingerprint density at radius 1 is 0.968 bits per heavy atom. The fourth-order valence-corrected chi connectivity index (χ4v) is 3.22. The van der Waals surface area contributed by atoms with E-state index in [1.807, 2.05) is 35.2 Å². The Labute approximate surface area is 178 Å². The van der Waals surface area contributed by atoms with E-state index in [0.29, 0.717) is 32.0 Å². The van der Waals surface area contributed by atoms with Crippen LogP contribution in [0.5, 0.6) is 11.6 Å². The summed E-state index contributed by atoms with van der Waals surface area (Å²) in [5.41, 5.74) is 0.973. The number of hydrogen-bond acceptors (Lipinski definition) is 5. The Bertz CT molecular complexity index is 1080.